The van der Waals surface area contributed by atoms with E-state index in [2.05, 4.69) is 30.4 Å². The summed E-state index contributed by atoms with van der Waals surface area (Å²) in [5.74, 6) is 3.48. The molecule has 2 aromatic carbocycles. The van der Waals surface area contributed by atoms with Crippen LogP contribution in [0.15, 0.2) is 59.1 Å². The van der Waals surface area contributed by atoms with E-state index in [1.54, 1.807) is 13.8 Å². The fourth-order valence-corrected chi connectivity index (χ4v) is 3.98. The van der Waals surface area contributed by atoms with Crippen LogP contribution in [0.5, 0.6) is 11.5 Å². The third kappa shape index (κ3) is 4.96. The zero-order valence-corrected chi connectivity index (χ0v) is 19.7. The first-order valence-corrected chi connectivity index (χ1v) is 11.4. The molecule has 5 rings (SSSR count). The Morgan fingerprint density at radius 3 is 2.43 bits per heavy atom. The molecule has 2 aromatic heterocycles. The minimum Gasteiger partial charge on any atom is -0.457 e. The van der Waals surface area contributed by atoms with E-state index in [4.69, 9.17) is 9.26 Å². The summed E-state index contributed by atoms with van der Waals surface area (Å²) in [6.07, 6.45) is 0.912. The Morgan fingerprint density at radius 2 is 1.71 bits per heavy atom. The molecule has 2 atom stereocenters. The van der Waals surface area contributed by atoms with Gasteiger partial charge in [-0.15, -0.1) is 0 Å². The van der Waals surface area contributed by atoms with Crippen molar-refractivity contribution < 1.29 is 14.1 Å². The molecule has 4 aromatic rings. The molecule has 3 heterocycles. The molecule has 1 aliphatic heterocycles. The highest BCUT2D eigenvalue weighted by Crippen LogP contribution is 2.35. The topological polar surface area (TPSA) is 119 Å². The minimum atomic E-state index is -0.395. The molecular weight excluding hydrogens is 446 g/mol. The zero-order valence-electron chi connectivity index (χ0n) is 19.7. The largest absolute Gasteiger partial charge is 0.457 e. The molecule has 1 aliphatic rings. The second-order valence-electron chi connectivity index (χ2n) is 8.35. The Balaban J connectivity index is 1.33. The highest BCUT2D eigenvalue weighted by Gasteiger charge is 2.39. The van der Waals surface area contributed by atoms with Gasteiger partial charge in [0.05, 0.1) is 6.04 Å². The van der Waals surface area contributed by atoms with Crippen molar-refractivity contribution in [3.8, 4) is 11.5 Å². The zero-order chi connectivity index (χ0) is 24.4. The number of benzene rings is 2. The number of hydrogen-bond donors (Lipinski definition) is 1. The molecule has 10 nitrogen and oxygen atoms in total. The maximum Gasteiger partial charge on any atom is 0.249 e. The summed E-state index contributed by atoms with van der Waals surface area (Å²) in [5.41, 5.74) is 1.03. The predicted octanol–water partition coefficient (Wildman–Crippen LogP) is 4.70. The van der Waals surface area contributed by atoms with Crippen LogP contribution in [0, 0.1) is 13.8 Å². The molecule has 0 saturated carbocycles. The number of rotatable bonds is 7. The summed E-state index contributed by atoms with van der Waals surface area (Å²) in [5, 5.41) is 7.17. The summed E-state index contributed by atoms with van der Waals surface area (Å²) >= 11 is 0. The van der Waals surface area contributed by atoms with E-state index in [0.717, 1.165) is 17.1 Å². The monoisotopic (exact) mass is 471 g/mol. The van der Waals surface area contributed by atoms with Crippen molar-refractivity contribution in [2.45, 2.75) is 45.7 Å². The second-order valence-corrected chi connectivity index (χ2v) is 8.35. The van der Waals surface area contributed by atoms with Crippen LogP contribution in [-0.4, -0.2) is 31.0 Å². The Labute approximate surface area is 202 Å². The minimum absolute atomic E-state index is 0.0931. The molecule has 0 bridgehead atoms. The predicted molar refractivity (Wildman–Crippen MR) is 128 cm³/mol. The van der Waals surface area contributed by atoms with Crippen molar-refractivity contribution in [2.24, 2.45) is 0 Å². The number of ether oxygens (including phenoxy) is 1. The van der Waals surface area contributed by atoms with Crippen molar-refractivity contribution in [2.75, 3.05) is 10.2 Å². The van der Waals surface area contributed by atoms with Crippen LogP contribution in [0.25, 0.3) is 0 Å². The SMILES string of the molecule is Cc1nc(N[C@@H](C)c2ccc(Oc3ccccc3)cc2)nc(N2C(=O)CCC2c2nc(C)no2)n1. The van der Waals surface area contributed by atoms with E-state index < -0.39 is 6.04 Å². The van der Waals surface area contributed by atoms with Crippen molar-refractivity contribution in [1.82, 2.24) is 25.1 Å². The van der Waals surface area contributed by atoms with Gasteiger partial charge in [-0.05, 0) is 57.0 Å². The number of aromatic nitrogens is 5. The van der Waals surface area contributed by atoms with Crippen LogP contribution in [-0.2, 0) is 4.79 Å². The molecule has 178 valence electrons. The van der Waals surface area contributed by atoms with Crippen LogP contribution < -0.4 is 15.0 Å². The van der Waals surface area contributed by atoms with E-state index in [-0.39, 0.29) is 17.9 Å². The Bertz CT molecular complexity index is 1320. The van der Waals surface area contributed by atoms with Crippen LogP contribution in [0.3, 0.4) is 0 Å². The number of para-hydroxylation sites is 1. The highest BCUT2D eigenvalue weighted by molar-refractivity contribution is 5.94. The molecule has 1 fully saturated rings. The number of hydrogen-bond acceptors (Lipinski definition) is 9. The summed E-state index contributed by atoms with van der Waals surface area (Å²) in [7, 11) is 0. The smallest absolute Gasteiger partial charge is 0.249 e. The number of carbonyl (C=O) groups is 1. The normalized spacial score (nSPS) is 16.4. The number of nitrogens with zero attached hydrogens (tertiary/aromatic N) is 6. The van der Waals surface area contributed by atoms with Gasteiger partial charge in [0.25, 0.3) is 0 Å². The maximum atomic E-state index is 12.7. The van der Waals surface area contributed by atoms with E-state index in [1.165, 1.54) is 4.90 Å². The van der Waals surface area contributed by atoms with Gasteiger partial charge in [0.1, 0.15) is 23.4 Å². The van der Waals surface area contributed by atoms with Crippen molar-refractivity contribution in [1.29, 1.82) is 0 Å². The summed E-state index contributed by atoms with van der Waals surface area (Å²) < 4.78 is 11.2. The maximum absolute atomic E-state index is 12.7. The lowest BCUT2D eigenvalue weighted by Gasteiger charge is -2.21. The van der Waals surface area contributed by atoms with Gasteiger partial charge in [-0.3, -0.25) is 9.69 Å². The van der Waals surface area contributed by atoms with Gasteiger partial charge >= 0.3 is 0 Å². The summed E-state index contributed by atoms with van der Waals surface area (Å²) in [6.45, 7) is 5.52. The Hall–Kier alpha value is -4.34. The molecule has 35 heavy (non-hydrogen) atoms. The molecule has 0 radical (unpaired) electrons. The molecule has 0 spiro atoms. The van der Waals surface area contributed by atoms with Gasteiger partial charge in [0.2, 0.25) is 23.7 Å². The Morgan fingerprint density at radius 1 is 0.971 bits per heavy atom. The van der Waals surface area contributed by atoms with E-state index in [0.29, 0.717) is 36.3 Å². The lowest BCUT2D eigenvalue weighted by Crippen LogP contribution is -2.30. The van der Waals surface area contributed by atoms with Gasteiger partial charge in [-0.25, -0.2) is 0 Å². The lowest BCUT2D eigenvalue weighted by molar-refractivity contribution is -0.117. The molecule has 1 unspecified atom stereocenters. The van der Waals surface area contributed by atoms with Gasteiger partial charge in [-0.2, -0.15) is 19.9 Å². The van der Waals surface area contributed by atoms with Crippen molar-refractivity contribution >= 4 is 17.8 Å². The van der Waals surface area contributed by atoms with E-state index in [9.17, 15) is 4.79 Å². The first-order chi connectivity index (χ1) is 17.0. The quantitative estimate of drug-likeness (QED) is 0.409. The lowest BCUT2D eigenvalue weighted by atomic mass is 10.1. The van der Waals surface area contributed by atoms with E-state index >= 15 is 0 Å². The van der Waals surface area contributed by atoms with E-state index in [1.807, 2.05) is 61.5 Å². The number of aryl methyl sites for hydroxylation is 2. The third-order valence-electron chi connectivity index (χ3n) is 5.70. The van der Waals surface area contributed by atoms with Crippen LogP contribution >= 0.6 is 0 Å². The van der Waals surface area contributed by atoms with Gasteiger partial charge < -0.3 is 14.6 Å². The third-order valence-corrected chi connectivity index (χ3v) is 5.70. The van der Waals surface area contributed by atoms with Gasteiger partial charge in [0, 0.05) is 6.42 Å². The number of nitrogens with one attached hydrogen (secondary N) is 1. The average Bonchev–Trinajstić information content (AvgIpc) is 3.45. The standard InChI is InChI=1S/C25H25N7O3/c1-15(18-9-11-20(12-10-18)34-19-7-5-4-6-8-19)26-24-28-16(2)29-25(30-24)32-21(13-14-22(32)33)23-27-17(3)31-35-23/h4-12,15,21H,13-14H2,1-3H3,(H,26,28,29,30)/t15-,21?/m0/s1. The molecule has 1 amide bonds. The fraction of sp³-hybridized carbons (Fsp3) is 0.280. The van der Waals surface area contributed by atoms with Crippen molar-refractivity contribution in [3.63, 3.8) is 0 Å². The summed E-state index contributed by atoms with van der Waals surface area (Å²) in [6, 6.07) is 17.0. The number of anilines is 2. The average molecular weight is 472 g/mol. The fourth-order valence-electron chi connectivity index (χ4n) is 3.98. The highest BCUT2D eigenvalue weighted by atomic mass is 16.5. The molecule has 1 N–H and O–H groups in total. The van der Waals surface area contributed by atoms with Gasteiger partial charge in [0.15, 0.2) is 5.82 Å². The van der Waals surface area contributed by atoms with Gasteiger partial charge in [-0.1, -0.05) is 35.5 Å². The molecular formula is C25H25N7O3. The van der Waals surface area contributed by atoms with Crippen molar-refractivity contribution in [3.05, 3.63) is 77.7 Å². The van der Waals surface area contributed by atoms with Crippen LogP contribution in [0.4, 0.5) is 11.9 Å². The Kier molecular flexibility index (Phi) is 6.09. The first-order valence-electron chi connectivity index (χ1n) is 11.4. The number of carbonyl (C=O) groups excluding carboxylic acids is 1. The first kappa shape index (κ1) is 22.5. The second kappa shape index (κ2) is 9.49. The molecule has 10 heteroatoms. The molecule has 1 saturated heterocycles. The number of amides is 1. The molecule has 0 aliphatic carbocycles. The van der Waals surface area contributed by atoms with Crippen LogP contribution in [0.2, 0.25) is 0 Å². The summed E-state index contributed by atoms with van der Waals surface area (Å²) in [4.78, 5) is 31.9. The van der Waals surface area contributed by atoms with Crippen LogP contribution in [0.1, 0.15) is 55.0 Å².